The molecule has 1 aromatic heterocycles. The van der Waals surface area contributed by atoms with E-state index in [4.69, 9.17) is 0 Å². The van der Waals surface area contributed by atoms with E-state index >= 15 is 0 Å². The largest absolute Gasteiger partial charge is 0.434 e. The summed E-state index contributed by atoms with van der Waals surface area (Å²) in [5.74, 6) is 0.579. The maximum atomic E-state index is 12.6. The third-order valence-corrected chi connectivity index (χ3v) is 3.98. The molecule has 0 saturated carbocycles. The Morgan fingerprint density at radius 3 is 2.44 bits per heavy atom. The van der Waals surface area contributed by atoms with Crippen molar-refractivity contribution >= 4 is 0 Å². The molecule has 4 heterocycles. The summed E-state index contributed by atoms with van der Waals surface area (Å²) < 4.78 is 37.8. The summed E-state index contributed by atoms with van der Waals surface area (Å²) in [6.07, 6.45) is -0.00520. The Balaban J connectivity index is 1.88. The van der Waals surface area contributed by atoms with Gasteiger partial charge in [0.25, 0.3) is 0 Å². The molecular formula is C12H14F3N3. The first-order chi connectivity index (χ1) is 8.54. The van der Waals surface area contributed by atoms with Gasteiger partial charge in [0.15, 0.2) is 5.69 Å². The molecule has 0 aliphatic carbocycles. The van der Waals surface area contributed by atoms with E-state index in [-0.39, 0.29) is 5.92 Å². The number of rotatable bonds is 1. The zero-order valence-corrected chi connectivity index (χ0v) is 9.82. The first-order valence-corrected chi connectivity index (χ1v) is 6.15. The van der Waals surface area contributed by atoms with E-state index in [0.717, 1.165) is 38.7 Å². The Hall–Kier alpha value is -1.17. The molecule has 18 heavy (non-hydrogen) atoms. The zero-order chi connectivity index (χ0) is 12.8. The molecular weight excluding hydrogens is 243 g/mol. The molecule has 98 valence electrons. The molecule has 0 amide bonds. The fraction of sp³-hybridized carbons (Fsp3) is 0.667. The summed E-state index contributed by atoms with van der Waals surface area (Å²) in [5, 5.41) is 0. The molecule has 4 rings (SSSR count). The number of halogens is 3. The highest BCUT2D eigenvalue weighted by Crippen LogP contribution is 2.38. The SMILES string of the molecule is FC(F)(F)c1cncc(C2CN3CCC2CC3)n1. The van der Waals surface area contributed by atoms with Gasteiger partial charge in [0.2, 0.25) is 0 Å². The van der Waals surface area contributed by atoms with Gasteiger partial charge >= 0.3 is 6.18 Å². The molecule has 6 heteroatoms. The quantitative estimate of drug-likeness (QED) is 0.773. The summed E-state index contributed by atoms with van der Waals surface area (Å²) in [6, 6.07) is 0. The van der Waals surface area contributed by atoms with E-state index in [9.17, 15) is 13.2 Å². The third-order valence-electron chi connectivity index (χ3n) is 3.98. The molecule has 0 radical (unpaired) electrons. The van der Waals surface area contributed by atoms with Crippen LogP contribution in [-0.2, 0) is 6.18 Å². The topological polar surface area (TPSA) is 29.0 Å². The molecule has 3 nitrogen and oxygen atoms in total. The van der Waals surface area contributed by atoms with Crippen LogP contribution in [0.3, 0.4) is 0 Å². The van der Waals surface area contributed by atoms with Crippen molar-refractivity contribution in [2.75, 3.05) is 19.6 Å². The normalized spacial score (nSPS) is 31.6. The lowest BCUT2D eigenvalue weighted by atomic mass is 9.77. The van der Waals surface area contributed by atoms with Crippen LogP contribution in [0.25, 0.3) is 0 Å². The van der Waals surface area contributed by atoms with Crippen molar-refractivity contribution in [3.8, 4) is 0 Å². The lowest BCUT2D eigenvalue weighted by molar-refractivity contribution is -0.141. The van der Waals surface area contributed by atoms with Gasteiger partial charge in [-0.1, -0.05) is 0 Å². The highest BCUT2D eigenvalue weighted by atomic mass is 19.4. The predicted molar refractivity (Wildman–Crippen MR) is 58.9 cm³/mol. The summed E-state index contributed by atoms with van der Waals surface area (Å²) in [7, 11) is 0. The van der Waals surface area contributed by atoms with Gasteiger partial charge in [-0.05, 0) is 31.8 Å². The molecule has 0 N–H and O–H groups in total. The number of hydrogen-bond acceptors (Lipinski definition) is 3. The van der Waals surface area contributed by atoms with Crippen molar-refractivity contribution in [2.45, 2.75) is 24.9 Å². The standard InChI is InChI=1S/C12H14F3N3/c13-12(14,15)11-6-16-5-10(17-11)9-7-18-3-1-8(9)2-4-18/h5-6,8-9H,1-4,7H2. The molecule has 1 atom stereocenters. The van der Waals surface area contributed by atoms with E-state index in [2.05, 4.69) is 14.9 Å². The van der Waals surface area contributed by atoms with Crippen LogP contribution in [0.4, 0.5) is 13.2 Å². The lowest BCUT2D eigenvalue weighted by Gasteiger charge is -2.44. The first kappa shape index (κ1) is 11.9. The van der Waals surface area contributed by atoms with E-state index in [1.165, 1.54) is 6.20 Å². The second-order valence-electron chi connectivity index (χ2n) is 5.07. The fourth-order valence-corrected chi connectivity index (χ4v) is 3.00. The molecule has 3 fully saturated rings. The maximum Gasteiger partial charge on any atom is 0.434 e. The summed E-state index contributed by atoms with van der Waals surface area (Å²) in [6.45, 7) is 2.95. The average Bonchev–Trinajstić information content (AvgIpc) is 2.39. The van der Waals surface area contributed by atoms with Crippen molar-refractivity contribution in [3.05, 3.63) is 23.8 Å². The molecule has 0 spiro atoms. The Morgan fingerprint density at radius 2 is 1.89 bits per heavy atom. The predicted octanol–water partition coefficient (Wildman–Crippen LogP) is 2.30. The third kappa shape index (κ3) is 2.09. The van der Waals surface area contributed by atoms with Crippen LogP contribution >= 0.6 is 0 Å². The van der Waals surface area contributed by atoms with Gasteiger partial charge in [0.1, 0.15) is 0 Å². The van der Waals surface area contributed by atoms with Crippen LogP contribution < -0.4 is 0 Å². The van der Waals surface area contributed by atoms with E-state index in [1.54, 1.807) is 0 Å². The average molecular weight is 257 g/mol. The van der Waals surface area contributed by atoms with Crippen molar-refractivity contribution in [2.24, 2.45) is 5.92 Å². The van der Waals surface area contributed by atoms with Crippen molar-refractivity contribution in [1.82, 2.24) is 14.9 Å². The smallest absolute Gasteiger partial charge is 0.303 e. The summed E-state index contributed by atoms with van der Waals surface area (Å²) in [5.41, 5.74) is -0.379. The van der Waals surface area contributed by atoms with Gasteiger partial charge < -0.3 is 4.90 Å². The summed E-state index contributed by atoms with van der Waals surface area (Å²) in [4.78, 5) is 9.78. The summed E-state index contributed by atoms with van der Waals surface area (Å²) >= 11 is 0. The van der Waals surface area contributed by atoms with Crippen LogP contribution in [0.1, 0.15) is 30.1 Å². The highest BCUT2D eigenvalue weighted by molar-refractivity contribution is 5.14. The number of hydrogen-bond donors (Lipinski definition) is 0. The van der Waals surface area contributed by atoms with Gasteiger partial charge in [-0.25, -0.2) is 4.98 Å². The number of nitrogens with zero attached hydrogens (tertiary/aromatic N) is 3. The molecule has 0 aromatic carbocycles. The van der Waals surface area contributed by atoms with Crippen LogP contribution in [0.5, 0.6) is 0 Å². The zero-order valence-electron chi connectivity index (χ0n) is 9.82. The van der Waals surface area contributed by atoms with Crippen molar-refractivity contribution in [1.29, 1.82) is 0 Å². The molecule has 3 aliphatic heterocycles. The molecule has 1 aromatic rings. The van der Waals surface area contributed by atoms with E-state index in [0.29, 0.717) is 11.6 Å². The van der Waals surface area contributed by atoms with Crippen molar-refractivity contribution < 1.29 is 13.2 Å². The van der Waals surface area contributed by atoms with Crippen molar-refractivity contribution in [3.63, 3.8) is 0 Å². The van der Waals surface area contributed by atoms with Crippen LogP contribution in [0, 0.1) is 5.92 Å². The van der Waals surface area contributed by atoms with Crippen LogP contribution in [0.15, 0.2) is 12.4 Å². The molecule has 1 unspecified atom stereocenters. The Kier molecular flexibility index (Phi) is 2.77. The van der Waals surface area contributed by atoms with Crippen LogP contribution in [-0.4, -0.2) is 34.5 Å². The van der Waals surface area contributed by atoms with E-state index in [1.807, 2.05) is 0 Å². The number of aromatic nitrogens is 2. The Labute approximate surface area is 103 Å². The minimum absolute atomic E-state index is 0.113. The Morgan fingerprint density at radius 1 is 1.17 bits per heavy atom. The van der Waals surface area contributed by atoms with Gasteiger partial charge in [0.05, 0.1) is 11.9 Å². The number of fused-ring (bicyclic) bond motifs is 3. The first-order valence-electron chi connectivity index (χ1n) is 6.15. The van der Waals surface area contributed by atoms with Gasteiger partial charge in [-0.3, -0.25) is 4.98 Å². The minimum atomic E-state index is -4.41. The monoisotopic (exact) mass is 257 g/mol. The molecule has 3 saturated heterocycles. The maximum absolute atomic E-state index is 12.6. The van der Waals surface area contributed by atoms with E-state index < -0.39 is 11.9 Å². The Bertz CT molecular complexity index is 438. The second-order valence-corrected chi connectivity index (χ2v) is 5.07. The van der Waals surface area contributed by atoms with Gasteiger partial charge in [-0.2, -0.15) is 13.2 Å². The lowest BCUT2D eigenvalue weighted by Crippen LogP contribution is -2.46. The van der Waals surface area contributed by atoms with Gasteiger partial charge in [0, 0.05) is 18.7 Å². The second kappa shape index (κ2) is 4.19. The molecule has 2 bridgehead atoms. The number of alkyl halides is 3. The fourth-order valence-electron chi connectivity index (χ4n) is 3.00. The van der Waals surface area contributed by atoms with Gasteiger partial charge in [-0.15, -0.1) is 0 Å². The minimum Gasteiger partial charge on any atom is -0.303 e. The van der Waals surface area contributed by atoms with Crippen LogP contribution in [0.2, 0.25) is 0 Å². The highest BCUT2D eigenvalue weighted by Gasteiger charge is 2.38. The number of piperidine rings is 3. The molecule has 3 aliphatic rings.